The second kappa shape index (κ2) is 12.1. The van der Waals surface area contributed by atoms with Crippen LogP contribution in [0.15, 0.2) is 17.4 Å². The van der Waals surface area contributed by atoms with Crippen LogP contribution in [-0.2, 0) is 28.2 Å². The molecule has 0 aliphatic carbocycles. The summed E-state index contributed by atoms with van der Waals surface area (Å²) in [6.07, 6.45) is -4.27. The molecule has 0 aromatic carbocycles. The van der Waals surface area contributed by atoms with E-state index in [0.717, 1.165) is 6.33 Å². The number of aliphatic hydroxyl groups excluding tert-OH is 2. The molecule has 0 radical (unpaired) electrons. The third kappa shape index (κ3) is 7.16. The molecule has 4 atom stereocenters. The normalized spacial score (nSPS) is 22.6. The van der Waals surface area contributed by atoms with E-state index < -0.39 is 69.3 Å². The number of carbonyl (C=O) groups is 2. The molecule has 0 bridgehead atoms. The van der Waals surface area contributed by atoms with Crippen molar-refractivity contribution in [3.05, 3.63) is 23.0 Å². The number of aromatic amines is 1. The minimum absolute atomic E-state index is 0. The third-order valence-electron chi connectivity index (χ3n) is 4.13. The van der Waals surface area contributed by atoms with Crippen molar-refractivity contribution in [1.82, 2.24) is 19.5 Å². The fourth-order valence-corrected chi connectivity index (χ4v) is 3.11. The fraction of sp³-hybridized carbons (Fsp3) is 0.500. The monoisotopic (exact) mass is 492 g/mol. The molecule has 0 spiro atoms. The predicted octanol–water partition coefficient (Wildman–Crippen LogP) is -9.56. The number of carbonyl (C=O) groups excluding carboxylic acids is 2. The zero-order valence-electron chi connectivity index (χ0n) is 16.9. The Morgan fingerprint density at radius 2 is 1.84 bits per heavy atom. The Morgan fingerprint density at radius 1 is 1.19 bits per heavy atom. The number of hydrogen-bond donors (Lipinski definition) is 3. The zero-order valence-corrected chi connectivity index (χ0v) is 21.8. The molecule has 1 aliphatic rings. The Labute approximate surface area is 223 Å². The van der Waals surface area contributed by atoms with Gasteiger partial charge in [-0.05, 0) is 0 Å². The predicted molar refractivity (Wildman–Crippen MR) is 88.0 cm³/mol. The number of hydrogen-bond acceptors (Lipinski definition) is 13. The standard InChI is InChI=1S/C14H17N4O11P.2Na/c19-7(1-2-8(20)29-30(24,25)26)27-3-6-10(21)11(22)14(28-6)18-5-17-9-12(18)15-4-16-13(9)23;;/h4-6,10-11,14,21-22H,1-3H2,(H,15,16,23)(H2,24,25,26);;/q;2*+1/p-2/t6-,10-,11-,14-;;/m1../s1. The number of phosphoric ester groups is 1. The van der Waals surface area contributed by atoms with Crippen molar-refractivity contribution in [1.29, 1.82) is 0 Å². The maximum Gasteiger partial charge on any atom is 1.00 e. The Balaban J connectivity index is 0.00000256. The minimum Gasteiger partial charge on any atom is -0.780 e. The molecule has 1 aliphatic heterocycles. The summed E-state index contributed by atoms with van der Waals surface area (Å²) in [5.41, 5.74) is -0.424. The molecule has 2 aromatic heterocycles. The van der Waals surface area contributed by atoms with Crippen LogP contribution in [0.4, 0.5) is 0 Å². The number of aliphatic hydroxyl groups is 2. The number of aromatic nitrogens is 4. The van der Waals surface area contributed by atoms with Crippen molar-refractivity contribution in [3.63, 3.8) is 0 Å². The van der Waals surface area contributed by atoms with E-state index in [-0.39, 0.29) is 70.3 Å². The molecular formula is C14H15N4Na2O11P. The molecule has 0 amide bonds. The molecule has 32 heavy (non-hydrogen) atoms. The topological polar surface area (TPSA) is 229 Å². The Hall–Kier alpha value is -0.680. The largest absolute Gasteiger partial charge is 1.00 e. The summed E-state index contributed by atoms with van der Waals surface area (Å²) in [6, 6.07) is 0. The first-order chi connectivity index (χ1) is 14.1. The summed E-state index contributed by atoms with van der Waals surface area (Å²) in [7, 11) is -5.50. The number of esters is 1. The zero-order chi connectivity index (χ0) is 22.1. The van der Waals surface area contributed by atoms with E-state index in [4.69, 9.17) is 9.47 Å². The summed E-state index contributed by atoms with van der Waals surface area (Å²) in [6.45, 7) is -0.509. The van der Waals surface area contributed by atoms with Crippen LogP contribution in [0, 0.1) is 0 Å². The number of ether oxygens (including phenoxy) is 2. The number of phosphoric acid groups is 1. The second-order valence-corrected chi connectivity index (χ2v) is 7.27. The quantitative estimate of drug-likeness (QED) is 0.185. The Bertz CT molecular complexity index is 1060. The molecule has 2 aromatic rings. The van der Waals surface area contributed by atoms with Crippen LogP contribution < -0.4 is 74.5 Å². The van der Waals surface area contributed by atoms with Gasteiger partial charge in [0.2, 0.25) is 0 Å². The van der Waals surface area contributed by atoms with Crippen molar-refractivity contribution >= 4 is 30.9 Å². The molecule has 164 valence electrons. The first-order valence-electron chi connectivity index (χ1n) is 8.39. The molecule has 0 saturated carbocycles. The van der Waals surface area contributed by atoms with Crippen LogP contribution in [0.25, 0.3) is 11.2 Å². The maximum absolute atomic E-state index is 11.7. The molecule has 3 N–H and O–H groups in total. The molecule has 0 unspecified atom stereocenters. The van der Waals surface area contributed by atoms with Crippen LogP contribution in [-0.4, -0.2) is 66.6 Å². The summed E-state index contributed by atoms with van der Waals surface area (Å²) in [4.78, 5) is 65.2. The summed E-state index contributed by atoms with van der Waals surface area (Å²) < 4.78 is 25.4. The molecule has 15 nitrogen and oxygen atoms in total. The third-order valence-corrected chi connectivity index (χ3v) is 4.56. The van der Waals surface area contributed by atoms with Gasteiger partial charge in [0.15, 0.2) is 17.4 Å². The number of imidazole rings is 1. The van der Waals surface area contributed by atoms with Gasteiger partial charge in [0.1, 0.15) is 32.7 Å². The van der Waals surface area contributed by atoms with Crippen molar-refractivity contribution < 1.29 is 107 Å². The van der Waals surface area contributed by atoms with E-state index in [1.54, 1.807) is 0 Å². The first-order valence-corrected chi connectivity index (χ1v) is 9.85. The number of fused-ring (bicyclic) bond motifs is 1. The van der Waals surface area contributed by atoms with Gasteiger partial charge in [-0.15, -0.1) is 0 Å². The molecule has 3 heterocycles. The molecule has 1 fully saturated rings. The van der Waals surface area contributed by atoms with Crippen LogP contribution >= 0.6 is 7.82 Å². The van der Waals surface area contributed by atoms with Gasteiger partial charge >= 0.3 is 71.1 Å². The maximum atomic E-state index is 11.7. The molecule has 1 saturated heterocycles. The number of H-pyrrole nitrogens is 1. The van der Waals surface area contributed by atoms with E-state index in [0.29, 0.717) is 0 Å². The Kier molecular flexibility index (Phi) is 11.1. The van der Waals surface area contributed by atoms with Gasteiger partial charge < -0.3 is 43.5 Å². The molecular weight excluding hydrogens is 477 g/mol. The van der Waals surface area contributed by atoms with Gasteiger partial charge in [-0.2, -0.15) is 0 Å². The van der Waals surface area contributed by atoms with E-state index in [1.165, 1.54) is 10.9 Å². The van der Waals surface area contributed by atoms with Crippen LogP contribution in [0.5, 0.6) is 0 Å². The van der Waals surface area contributed by atoms with Gasteiger partial charge in [-0.25, -0.2) is 9.97 Å². The second-order valence-electron chi connectivity index (χ2n) is 6.20. The van der Waals surface area contributed by atoms with E-state index in [2.05, 4.69) is 19.5 Å². The summed E-state index contributed by atoms with van der Waals surface area (Å²) in [5, 5.41) is 20.4. The van der Waals surface area contributed by atoms with Gasteiger partial charge in [-0.3, -0.25) is 19.0 Å². The van der Waals surface area contributed by atoms with E-state index >= 15 is 0 Å². The van der Waals surface area contributed by atoms with Crippen LogP contribution in [0.3, 0.4) is 0 Å². The van der Waals surface area contributed by atoms with Crippen LogP contribution in [0.2, 0.25) is 0 Å². The molecule has 3 rings (SSSR count). The SMILES string of the molecule is O=C(CCC(=O)OP(=O)([O-])[O-])OC[C@H]1O[C@@H](n2cnc3c(=O)[nH]cnc32)[C@H](O)[C@@H]1O.[Na+].[Na+]. The first kappa shape index (κ1) is 29.4. The number of nitrogens with one attached hydrogen (secondary N) is 1. The van der Waals surface area contributed by atoms with Crippen molar-refractivity contribution in [2.24, 2.45) is 0 Å². The molecule has 18 heteroatoms. The van der Waals surface area contributed by atoms with E-state index in [1.807, 2.05) is 0 Å². The fourth-order valence-electron chi connectivity index (χ4n) is 2.77. The van der Waals surface area contributed by atoms with Crippen LogP contribution in [0.1, 0.15) is 19.1 Å². The van der Waals surface area contributed by atoms with Gasteiger partial charge in [0, 0.05) is 0 Å². The Morgan fingerprint density at radius 3 is 2.50 bits per heavy atom. The smallest absolute Gasteiger partial charge is 0.780 e. The van der Waals surface area contributed by atoms with Gasteiger partial charge in [-0.1, -0.05) is 0 Å². The van der Waals surface area contributed by atoms with Crippen molar-refractivity contribution in [2.45, 2.75) is 37.4 Å². The number of nitrogens with zero attached hydrogens (tertiary/aromatic N) is 3. The van der Waals surface area contributed by atoms with E-state index in [9.17, 15) is 38.9 Å². The van der Waals surface area contributed by atoms with Gasteiger partial charge in [0.05, 0.1) is 25.5 Å². The van der Waals surface area contributed by atoms with Crippen molar-refractivity contribution in [2.75, 3.05) is 6.61 Å². The van der Waals surface area contributed by atoms with Crippen molar-refractivity contribution in [3.8, 4) is 0 Å². The average molecular weight is 492 g/mol. The summed E-state index contributed by atoms with van der Waals surface area (Å²) in [5.74, 6) is -2.38. The van der Waals surface area contributed by atoms with Gasteiger partial charge in [0.25, 0.3) is 5.56 Å². The minimum atomic E-state index is -5.50. The number of rotatable bonds is 7. The average Bonchev–Trinajstić information content (AvgIpc) is 3.20. The summed E-state index contributed by atoms with van der Waals surface area (Å²) >= 11 is 0.